The Balaban J connectivity index is 2.66. The van der Waals surface area contributed by atoms with Gasteiger partial charge in [-0.05, 0) is 12.8 Å². The summed E-state index contributed by atoms with van der Waals surface area (Å²) < 4.78 is 0. The highest BCUT2D eigenvalue weighted by Crippen LogP contribution is 2.23. The Bertz CT molecular complexity index is 260. The van der Waals surface area contributed by atoms with E-state index in [-0.39, 0.29) is 0 Å². The van der Waals surface area contributed by atoms with E-state index in [0.717, 1.165) is 18.2 Å². The molecule has 0 spiro atoms. The number of thiazole rings is 1. The van der Waals surface area contributed by atoms with Crippen molar-refractivity contribution in [3.05, 3.63) is 10.5 Å². The van der Waals surface area contributed by atoms with Crippen LogP contribution in [0, 0.1) is 5.92 Å². The lowest BCUT2D eigenvalue weighted by molar-refractivity contribution is 0.618. The van der Waals surface area contributed by atoms with Crippen LogP contribution in [0.4, 0.5) is 5.13 Å². The van der Waals surface area contributed by atoms with Crippen LogP contribution in [0.5, 0.6) is 0 Å². The molecule has 74 valence electrons. The maximum atomic E-state index is 5.77. The number of halogens is 1. The maximum absolute atomic E-state index is 5.77. The lowest BCUT2D eigenvalue weighted by Gasteiger charge is -2.21. The smallest absolute Gasteiger partial charge is 0.186 e. The molecule has 4 heteroatoms. The standard InChI is InChI=1S/C9H15ClN2S/c1-4-12(5-7(2)3)9-11-8(10)6-13-9/h6-7H,4-5H2,1-3H3. The zero-order valence-electron chi connectivity index (χ0n) is 8.25. The van der Waals surface area contributed by atoms with Crippen molar-refractivity contribution in [3.63, 3.8) is 0 Å². The first-order valence-electron chi connectivity index (χ1n) is 4.49. The average Bonchev–Trinajstić information content (AvgIpc) is 2.47. The second-order valence-corrected chi connectivity index (χ2v) is 4.61. The van der Waals surface area contributed by atoms with Crippen molar-refractivity contribution in [1.82, 2.24) is 4.98 Å². The SMILES string of the molecule is CCN(CC(C)C)c1nc(Cl)cs1. The third kappa shape index (κ3) is 3.16. The molecule has 0 amide bonds. The number of rotatable bonds is 4. The van der Waals surface area contributed by atoms with E-state index in [0.29, 0.717) is 11.1 Å². The third-order valence-corrected chi connectivity index (χ3v) is 2.93. The summed E-state index contributed by atoms with van der Waals surface area (Å²) in [4.78, 5) is 6.50. The fourth-order valence-electron chi connectivity index (χ4n) is 1.17. The number of hydrogen-bond acceptors (Lipinski definition) is 3. The predicted octanol–water partition coefficient (Wildman–Crippen LogP) is 3.28. The van der Waals surface area contributed by atoms with Crippen LogP contribution in [0.2, 0.25) is 5.15 Å². The van der Waals surface area contributed by atoms with E-state index in [1.807, 2.05) is 5.38 Å². The van der Waals surface area contributed by atoms with E-state index in [9.17, 15) is 0 Å². The van der Waals surface area contributed by atoms with Crippen molar-refractivity contribution in [2.24, 2.45) is 5.92 Å². The summed E-state index contributed by atoms with van der Waals surface area (Å²) in [6, 6.07) is 0. The molecule has 1 rings (SSSR count). The first-order chi connectivity index (χ1) is 6.13. The molecule has 1 aromatic heterocycles. The number of aromatic nitrogens is 1. The highest BCUT2D eigenvalue weighted by molar-refractivity contribution is 7.14. The first kappa shape index (κ1) is 10.8. The minimum Gasteiger partial charge on any atom is -0.348 e. The molecular weight excluding hydrogens is 204 g/mol. The predicted molar refractivity (Wildman–Crippen MR) is 59.8 cm³/mol. The second-order valence-electron chi connectivity index (χ2n) is 3.39. The Morgan fingerprint density at radius 1 is 1.62 bits per heavy atom. The number of nitrogens with zero attached hydrogens (tertiary/aromatic N) is 2. The van der Waals surface area contributed by atoms with Gasteiger partial charge in [-0.2, -0.15) is 0 Å². The van der Waals surface area contributed by atoms with E-state index >= 15 is 0 Å². The molecule has 1 heterocycles. The zero-order chi connectivity index (χ0) is 9.84. The maximum Gasteiger partial charge on any atom is 0.186 e. The van der Waals surface area contributed by atoms with Gasteiger partial charge in [-0.1, -0.05) is 25.4 Å². The fraction of sp³-hybridized carbons (Fsp3) is 0.667. The third-order valence-electron chi connectivity index (χ3n) is 1.70. The molecule has 2 nitrogen and oxygen atoms in total. The lowest BCUT2D eigenvalue weighted by atomic mass is 10.2. The summed E-state index contributed by atoms with van der Waals surface area (Å²) in [5.41, 5.74) is 0. The normalized spacial score (nSPS) is 10.8. The summed E-state index contributed by atoms with van der Waals surface area (Å²) in [7, 11) is 0. The van der Waals surface area contributed by atoms with Gasteiger partial charge in [0.05, 0.1) is 0 Å². The van der Waals surface area contributed by atoms with Crippen molar-refractivity contribution in [1.29, 1.82) is 0 Å². The van der Waals surface area contributed by atoms with Gasteiger partial charge in [0.1, 0.15) is 5.15 Å². The minimum atomic E-state index is 0.599. The molecule has 13 heavy (non-hydrogen) atoms. The van der Waals surface area contributed by atoms with Gasteiger partial charge in [-0.15, -0.1) is 11.3 Å². The van der Waals surface area contributed by atoms with Gasteiger partial charge >= 0.3 is 0 Å². The van der Waals surface area contributed by atoms with Gasteiger partial charge in [-0.25, -0.2) is 4.98 Å². The molecule has 0 saturated heterocycles. The highest BCUT2D eigenvalue weighted by Gasteiger charge is 2.09. The average molecular weight is 219 g/mol. The Labute approximate surface area is 88.5 Å². The quantitative estimate of drug-likeness (QED) is 0.771. The highest BCUT2D eigenvalue weighted by atomic mass is 35.5. The van der Waals surface area contributed by atoms with E-state index in [1.54, 1.807) is 11.3 Å². The summed E-state index contributed by atoms with van der Waals surface area (Å²) >= 11 is 7.38. The first-order valence-corrected chi connectivity index (χ1v) is 5.75. The Hall–Kier alpha value is -0.280. The van der Waals surface area contributed by atoms with Crippen molar-refractivity contribution in [2.45, 2.75) is 20.8 Å². The largest absolute Gasteiger partial charge is 0.348 e. The van der Waals surface area contributed by atoms with Crippen LogP contribution >= 0.6 is 22.9 Å². The van der Waals surface area contributed by atoms with Gasteiger partial charge < -0.3 is 4.90 Å². The molecule has 1 aromatic rings. The monoisotopic (exact) mass is 218 g/mol. The van der Waals surface area contributed by atoms with Gasteiger partial charge in [0.2, 0.25) is 0 Å². The Morgan fingerprint density at radius 2 is 2.31 bits per heavy atom. The molecule has 0 unspecified atom stereocenters. The van der Waals surface area contributed by atoms with Gasteiger partial charge in [0, 0.05) is 18.5 Å². The second kappa shape index (κ2) is 4.82. The molecule has 0 aromatic carbocycles. The molecule has 0 atom stereocenters. The summed E-state index contributed by atoms with van der Waals surface area (Å²) in [6.07, 6.45) is 0. The molecule has 0 fully saturated rings. The molecule has 0 aliphatic heterocycles. The summed E-state index contributed by atoms with van der Waals surface area (Å²) in [6.45, 7) is 8.58. The summed E-state index contributed by atoms with van der Waals surface area (Å²) in [5.74, 6) is 0.655. The van der Waals surface area contributed by atoms with Crippen molar-refractivity contribution in [3.8, 4) is 0 Å². The van der Waals surface area contributed by atoms with Crippen molar-refractivity contribution < 1.29 is 0 Å². The van der Waals surface area contributed by atoms with Crippen molar-refractivity contribution in [2.75, 3.05) is 18.0 Å². The van der Waals surface area contributed by atoms with Crippen LogP contribution in [0.15, 0.2) is 5.38 Å². The van der Waals surface area contributed by atoms with Crippen LogP contribution in [-0.2, 0) is 0 Å². The fourth-order valence-corrected chi connectivity index (χ4v) is 2.20. The van der Waals surface area contributed by atoms with E-state index in [2.05, 4.69) is 30.7 Å². The lowest BCUT2D eigenvalue weighted by Crippen LogP contribution is -2.26. The van der Waals surface area contributed by atoms with Crippen LogP contribution in [0.3, 0.4) is 0 Å². The minimum absolute atomic E-state index is 0.599. The zero-order valence-corrected chi connectivity index (χ0v) is 9.82. The van der Waals surface area contributed by atoms with E-state index in [1.165, 1.54) is 0 Å². The molecule has 0 bridgehead atoms. The van der Waals surface area contributed by atoms with Crippen LogP contribution < -0.4 is 4.90 Å². The molecule has 0 N–H and O–H groups in total. The number of anilines is 1. The van der Waals surface area contributed by atoms with E-state index < -0.39 is 0 Å². The van der Waals surface area contributed by atoms with Crippen LogP contribution in [0.25, 0.3) is 0 Å². The molecule has 0 saturated carbocycles. The van der Waals surface area contributed by atoms with Gasteiger partial charge in [0.25, 0.3) is 0 Å². The molecular formula is C9H15ClN2S. The Morgan fingerprint density at radius 3 is 2.69 bits per heavy atom. The molecule has 0 radical (unpaired) electrons. The van der Waals surface area contributed by atoms with Crippen LogP contribution in [0.1, 0.15) is 20.8 Å². The van der Waals surface area contributed by atoms with Crippen LogP contribution in [-0.4, -0.2) is 18.1 Å². The molecule has 0 aliphatic rings. The topological polar surface area (TPSA) is 16.1 Å². The Kier molecular flexibility index (Phi) is 4.00. The number of hydrogen-bond donors (Lipinski definition) is 0. The van der Waals surface area contributed by atoms with E-state index in [4.69, 9.17) is 11.6 Å². The van der Waals surface area contributed by atoms with Gasteiger partial charge in [0.15, 0.2) is 5.13 Å². The van der Waals surface area contributed by atoms with Crippen molar-refractivity contribution >= 4 is 28.1 Å². The molecule has 0 aliphatic carbocycles. The summed E-state index contributed by atoms with van der Waals surface area (Å²) in [5, 5.41) is 3.50. The van der Waals surface area contributed by atoms with Gasteiger partial charge in [-0.3, -0.25) is 0 Å².